The Morgan fingerprint density at radius 3 is 2.14 bits per heavy atom. The average molecular weight is 202 g/mol. The van der Waals surface area contributed by atoms with Gasteiger partial charge in [-0.15, -0.1) is 0 Å². The van der Waals surface area contributed by atoms with E-state index < -0.39 is 29.5 Å². The molecule has 14 heavy (non-hydrogen) atoms. The van der Waals surface area contributed by atoms with E-state index in [1.807, 2.05) is 0 Å². The minimum Gasteiger partial charge on any atom is -0.358 e. The minimum absolute atomic E-state index is 0.979. The zero-order valence-electron chi connectivity index (χ0n) is 6.62. The van der Waals surface area contributed by atoms with Crippen LogP contribution in [0.2, 0.25) is 0 Å². The fraction of sp³-hybridized carbons (Fsp3) is 0.400. The van der Waals surface area contributed by atoms with Crippen molar-refractivity contribution in [2.24, 2.45) is 0 Å². The van der Waals surface area contributed by atoms with Crippen molar-refractivity contribution in [2.45, 2.75) is 11.6 Å². The molecule has 2 rings (SSSR count). The Morgan fingerprint density at radius 1 is 0.929 bits per heavy atom. The van der Waals surface area contributed by atoms with Crippen LogP contribution in [0.4, 0.5) is 9.59 Å². The van der Waals surface area contributed by atoms with Crippen LogP contribution in [-0.4, -0.2) is 39.8 Å². The summed E-state index contributed by atoms with van der Waals surface area (Å²) in [6.07, 6.45) is 0. The molecule has 9 heteroatoms. The molecule has 0 radical (unpaired) electrons. The van der Waals surface area contributed by atoms with Gasteiger partial charge in [0.1, 0.15) is 0 Å². The first-order chi connectivity index (χ1) is 6.37. The monoisotopic (exact) mass is 202 g/mol. The van der Waals surface area contributed by atoms with Crippen LogP contribution in [0.1, 0.15) is 0 Å². The van der Waals surface area contributed by atoms with E-state index in [9.17, 15) is 24.6 Å². The quantitative estimate of drug-likeness (QED) is 0.241. The van der Waals surface area contributed by atoms with Crippen molar-refractivity contribution in [3.63, 3.8) is 0 Å². The van der Waals surface area contributed by atoms with Crippen LogP contribution in [0.25, 0.3) is 0 Å². The number of carbonyl (C=O) groups excluding carboxylic acids is 3. The SMILES string of the molecule is O=C1NC(=O)[C@]2(O)NC(=O)N[C@@]2(O)N1. The van der Waals surface area contributed by atoms with Crippen LogP contribution in [0, 0.1) is 0 Å². The molecule has 2 aliphatic heterocycles. The van der Waals surface area contributed by atoms with Gasteiger partial charge in [0, 0.05) is 0 Å². The van der Waals surface area contributed by atoms with Gasteiger partial charge in [0.25, 0.3) is 17.5 Å². The highest BCUT2D eigenvalue weighted by Gasteiger charge is 2.66. The minimum atomic E-state index is -2.60. The zero-order valence-corrected chi connectivity index (χ0v) is 6.62. The van der Waals surface area contributed by atoms with Crippen molar-refractivity contribution < 1.29 is 24.6 Å². The highest BCUT2D eigenvalue weighted by molar-refractivity contribution is 6.06. The molecular weight excluding hydrogens is 196 g/mol. The largest absolute Gasteiger partial charge is 0.358 e. The number of amides is 5. The third-order valence-corrected chi connectivity index (χ3v) is 1.96. The van der Waals surface area contributed by atoms with Gasteiger partial charge in [0.05, 0.1) is 0 Å². The molecule has 0 aromatic rings. The zero-order chi connectivity index (χ0) is 10.6. The maximum absolute atomic E-state index is 11.1. The fourth-order valence-electron chi connectivity index (χ4n) is 1.27. The van der Waals surface area contributed by atoms with Gasteiger partial charge in [-0.2, -0.15) is 0 Å². The predicted octanol–water partition coefficient (Wildman–Crippen LogP) is -3.53. The second-order valence-corrected chi connectivity index (χ2v) is 2.91. The summed E-state index contributed by atoms with van der Waals surface area (Å²) in [5, 5.41) is 26.1. The number of urea groups is 2. The van der Waals surface area contributed by atoms with E-state index in [-0.39, 0.29) is 0 Å². The summed E-state index contributed by atoms with van der Waals surface area (Å²) in [6.45, 7) is 0. The number of carbonyl (C=O) groups is 3. The molecule has 0 aliphatic carbocycles. The number of rotatable bonds is 0. The number of imide groups is 1. The van der Waals surface area contributed by atoms with Crippen molar-refractivity contribution in [1.82, 2.24) is 21.3 Å². The highest BCUT2D eigenvalue weighted by atomic mass is 16.4. The van der Waals surface area contributed by atoms with Gasteiger partial charge < -0.3 is 10.2 Å². The predicted molar refractivity (Wildman–Crippen MR) is 38.2 cm³/mol. The highest BCUT2D eigenvalue weighted by Crippen LogP contribution is 2.22. The first kappa shape index (κ1) is 8.72. The Balaban J connectivity index is 2.46. The smallest absolute Gasteiger partial charge is 0.325 e. The molecule has 0 bridgehead atoms. The number of aliphatic hydroxyl groups is 2. The van der Waals surface area contributed by atoms with E-state index in [1.165, 1.54) is 0 Å². The summed E-state index contributed by atoms with van der Waals surface area (Å²) < 4.78 is 0. The van der Waals surface area contributed by atoms with E-state index in [1.54, 1.807) is 21.3 Å². The molecule has 2 saturated heterocycles. The molecule has 2 fully saturated rings. The summed E-state index contributed by atoms with van der Waals surface area (Å²) in [5.41, 5.74) is -2.60. The lowest BCUT2D eigenvalue weighted by molar-refractivity contribution is -0.187. The third kappa shape index (κ3) is 0.818. The molecule has 0 unspecified atom stereocenters. The second kappa shape index (κ2) is 2.13. The van der Waals surface area contributed by atoms with Crippen molar-refractivity contribution in [1.29, 1.82) is 0 Å². The number of hydrogen-bond acceptors (Lipinski definition) is 5. The van der Waals surface area contributed by atoms with Crippen LogP contribution in [0.15, 0.2) is 0 Å². The topological polar surface area (TPSA) is 140 Å². The van der Waals surface area contributed by atoms with Crippen LogP contribution in [0.5, 0.6) is 0 Å². The normalized spacial score (nSPS) is 40.6. The average Bonchev–Trinajstić information content (AvgIpc) is 2.21. The first-order valence-corrected chi connectivity index (χ1v) is 3.56. The Kier molecular flexibility index (Phi) is 1.33. The Bertz CT molecular complexity index is 356. The first-order valence-electron chi connectivity index (χ1n) is 3.56. The summed E-state index contributed by atoms with van der Waals surface area (Å²) in [6, 6.07) is -2.00. The maximum Gasteiger partial charge on any atom is 0.325 e. The van der Waals surface area contributed by atoms with E-state index in [0.717, 1.165) is 0 Å². The third-order valence-electron chi connectivity index (χ3n) is 1.96. The molecule has 6 N–H and O–H groups in total. The van der Waals surface area contributed by atoms with Gasteiger partial charge >= 0.3 is 12.1 Å². The van der Waals surface area contributed by atoms with Crippen molar-refractivity contribution >= 4 is 18.0 Å². The lowest BCUT2D eigenvalue weighted by atomic mass is 10.1. The van der Waals surface area contributed by atoms with Crippen molar-refractivity contribution in [3.05, 3.63) is 0 Å². The molecule has 2 aliphatic rings. The van der Waals surface area contributed by atoms with E-state index >= 15 is 0 Å². The van der Waals surface area contributed by atoms with Gasteiger partial charge in [-0.05, 0) is 0 Å². The van der Waals surface area contributed by atoms with E-state index in [2.05, 4.69) is 0 Å². The second-order valence-electron chi connectivity index (χ2n) is 2.91. The molecule has 0 aromatic carbocycles. The van der Waals surface area contributed by atoms with E-state index in [0.29, 0.717) is 0 Å². The summed E-state index contributed by atoms with van der Waals surface area (Å²) >= 11 is 0. The summed E-state index contributed by atoms with van der Waals surface area (Å²) in [7, 11) is 0. The van der Waals surface area contributed by atoms with Gasteiger partial charge in [0.15, 0.2) is 0 Å². The molecule has 0 spiro atoms. The molecule has 2 atom stereocenters. The van der Waals surface area contributed by atoms with Crippen LogP contribution in [0.3, 0.4) is 0 Å². The number of nitrogens with one attached hydrogen (secondary N) is 4. The fourth-order valence-corrected chi connectivity index (χ4v) is 1.27. The lowest BCUT2D eigenvalue weighted by Gasteiger charge is -2.37. The van der Waals surface area contributed by atoms with Gasteiger partial charge in [-0.25, -0.2) is 9.59 Å². The Hall–Kier alpha value is -1.87. The van der Waals surface area contributed by atoms with Gasteiger partial charge in [0.2, 0.25) is 0 Å². The van der Waals surface area contributed by atoms with Crippen LogP contribution >= 0.6 is 0 Å². The number of fused-ring (bicyclic) bond motifs is 1. The molecule has 0 saturated carbocycles. The van der Waals surface area contributed by atoms with Gasteiger partial charge in [-0.3, -0.25) is 26.1 Å². The molecule has 0 aromatic heterocycles. The molecule has 5 amide bonds. The molecule has 76 valence electrons. The lowest BCUT2D eigenvalue weighted by Crippen LogP contribution is -2.80. The molecule has 2 heterocycles. The van der Waals surface area contributed by atoms with E-state index in [4.69, 9.17) is 0 Å². The summed E-state index contributed by atoms with van der Waals surface area (Å²) in [4.78, 5) is 32.7. The van der Waals surface area contributed by atoms with Crippen LogP contribution in [-0.2, 0) is 4.79 Å². The van der Waals surface area contributed by atoms with Crippen molar-refractivity contribution in [2.75, 3.05) is 0 Å². The maximum atomic E-state index is 11.1. The molecule has 9 nitrogen and oxygen atoms in total. The Morgan fingerprint density at radius 2 is 1.50 bits per heavy atom. The van der Waals surface area contributed by atoms with Crippen LogP contribution < -0.4 is 21.3 Å². The standard InChI is InChI=1S/C5H6N4O5/c10-1-4(13)5(14,8-2(11)6-1)9-3(12)7-4/h13-14H,(H2,7,9,12)(H2,6,8,10,11)/t4-,5+/m1/s1. The number of hydrogen-bond donors (Lipinski definition) is 6. The Labute approximate surface area is 76.5 Å². The summed E-state index contributed by atoms with van der Waals surface area (Å²) in [5.74, 6) is -3.74. The van der Waals surface area contributed by atoms with Crippen molar-refractivity contribution in [3.8, 4) is 0 Å². The van der Waals surface area contributed by atoms with Gasteiger partial charge in [-0.1, -0.05) is 0 Å². The molecular formula is C5H6N4O5.